The number of methoxy groups -OCH3 is 2. The molecule has 0 unspecified atom stereocenters. The van der Waals surface area contributed by atoms with E-state index in [4.69, 9.17) is 9.47 Å². The van der Waals surface area contributed by atoms with E-state index in [2.05, 4.69) is 17.1 Å². The molecule has 0 saturated carbocycles. The van der Waals surface area contributed by atoms with E-state index >= 15 is 0 Å². The number of imide groups is 1. The molecule has 9 heteroatoms. The molecule has 1 saturated heterocycles. The molecule has 1 aliphatic rings. The normalized spacial score (nSPS) is 17.9. The van der Waals surface area contributed by atoms with Crippen molar-refractivity contribution < 1.29 is 23.9 Å². The molecule has 3 rings (SSSR count). The van der Waals surface area contributed by atoms with Crippen LogP contribution < -0.4 is 4.74 Å². The first kappa shape index (κ1) is 25.4. The Morgan fingerprint density at radius 1 is 1.26 bits per heavy atom. The number of aryl methyl sites for hydroxylation is 1. The van der Waals surface area contributed by atoms with Crippen molar-refractivity contribution in [3.8, 4) is 5.75 Å². The molecule has 0 radical (unpaired) electrons. The van der Waals surface area contributed by atoms with Crippen LogP contribution in [0.15, 0.2) is 30.3 Å². The topological polar surface area (TPSA) is 105 Å². The summed E-state index contributed by atoms with van der Waals surface area (Å²) in [4.78, 5) is 42.9. The van der Waals surface area contributed by atoms with E-state index in [-0.39, 0.29) is 37.1 Å². The summed E-state index contributed by atoms with van der Waals surface area (Å²) < 4.78 is 10.6. The lowest BCUT2D eigenvalue weighted by atomic mass is 9.75. The lowest BCUT2D eigenvalue weighted by Crippen LogP contribution is -2.43. The molecule has 1 atom stereocenters. The van der Waals surface area contributed by atoms with Gasteiger partial charge in [0, 0.05) is 45.7 Å². The summed E-state index contributed by atoms with van der Waals surface area (Å²) in [5.41, 5.74) is 1.01. The van der Waals surface area contributed by atoms with Gasteiger partial charge in [-0.25, -0.2) is 0 Å². The van der Waals surface area contributed by atoms with Crippen LogP contribution in [0.4, 0.5) is 0 Å². The Bertz CT molecular complexity index is 1020. The number of likely N-dealkylation sites (tertiary alicyclic amines) is 1. The minimum absolute atomic E-state index is 0.0799. The number of aromatic amines is 1. The van der Waals surface area contributed by atoms with E-state index < -0.39 is 5.41 Å². The standard InChI is InChI=1S/C25H34N4O5/c1-5-9-18-14-19(27-26-18)17-28(2)22(30)15-25(20-10-6-7-11-21(20)34-4)16-23(31)29(24(25)32)12-8-13-33-3/h6-7,10-11,14H,5,8-9,12-13,15-17H2,1-4H3,(H,26,27)/t25-/m1/s1. The van der Waals surface area contributed by atoms with E-state index in [1.807, 2.05) is 6.07 Å². The third-order valence-electron chi connectivity index (χ3n) is 6.24. The largest absolute Gasteiger partial charge is 0.496 e. The van der Waals surface area contributed by atoms with E-state index in [9.17, 15) is 14.4 Å². The summed E-state index contributed by atoms with van der Waals surface area (Å²) in [6, 6.07) is 9.05. The average molecular weight is 471 g/mol. The monoisotopic (exact) mass is 470 g/mol. The van der Waals surface area contributed by atoms with Gasteiger partial charge in [0.2, 0.25) is 17.7 Å². The Labute approximate surface area is 200 Å². The van der Waals surface area contributed by atoms with Crippen LogP contribution in [0, 0.1) is 0 Å². The quantitative estimate of drug-likeness (QED) is 0.377. The van der Waals surface area contributed by atoms with Gasteiger partial charge >= 0.3 is 0 Å². The number of para-hydroxylation sites is 1. The molecule has 2 heterocycles. The number of nitrogens with zero attached hydrogens (tertiary/aromatic N) is 3. The van der Waals surface area contributed by atoms with Gasteiger partial charge < -0.3 is 14.4 Å². The number of carbonyl (C=O) groups excluding carboxylic acids is 3. The van der Waals surface area contributed by atoms with Crippen molar-refractivity contribution in [2.75, 3.05) is 34.4 Å². The van der Waals surface area contributed by atoms with Crippen molar-refractivity contribution in [3.05, 3.63) is 47.3 Å². The first-order chi connectivity index (χ1) is 16.4. The number of benzene rings is 1. The molecule has 0 bridgehead atoms. The summed E-state index contributed by atoms with van der Waals surface area (Å²) in [7, 11) is 4.78. The molecule has 1 aliphatic heterocycles. The van der Waals surface area contributed by atoms with Crippen LogP contribution >= 0.6 is 0 Å². The maximum Gasteiger partial charge on any atom is 0.241 e. The average Bonchev–Trinajstić information content (AvgIpc) is 3.36. The maximum absolute atomic E-state index is 13.7. The van der Waals surface area contributed by atoms with Crippen LogP contribution in [0.1, 0.15) is 49.6 Å². The molecule has 2 aromatic rings. The molecule has 1 fully saturated rings. The molecule has 0 aliphatic carbocycles. The number of hydrogen-bond donors (Lipinski definition) is 1. The van der Waals surface area contributed by atoms with Crippen LogP contribution in [-0.2, 0) is 37.5 Å². The molecular weight excluding hydrogens is 436 g/mol. The van der Waals surface area contributed by atoms with E-state index in [0.717, 1.165) is 24.2 Å². The highest BCUT2D eigenvalue weighted by Crippen LogP contribution is 2.44. The number of rotatable bonds is 12. The molecule has 1 N–H and O–H groups in total. The van der Waals surface area contributed by atoms with E-state index in [1.54, 1.807) is 43.3 Å². The fourth-order valence-corrected chi connectivity index (χ4v) is 4.49. The fraction of sp³-hybridized carbons (Fsp3) is 0.520. The Balaban J connectivity index is 1.88. The van der Waals surface area contributed by atoms with Gasteiger partial charge in [-0.05, 0) is 25.0 Å². The number of ether oxygens (including phenoxy) is 2. The maximum atomic E-state index is 13.7. The van der Waals surface area contributed by atoms with Gasteiger partial charge in [-0.3, -0.25) is 24.4 Å². The number of hydrogen-bond acceptors (Lipinski definition) is 6. The van der Waals surface area contributed by atoms with E-state index in [0.29, 0.717) is 30.9 Å². The second-order valence-electron chi connectivity index (χ2n) is 8.72. The van der Waals surface area contributed by atoms with Crippen molar-refractivity contribution in [2.24, 2.45) is 0 Å². The van der Waals surface area contributed by atoms with Crippen molar-refractivity contribution in [1.82, 2.24) is 20.0 Å². The SMILES string of the molecule is CCCc1cc(CN(C)C(=O)C[C@]2(c3ccccc3OC)CC(=O)N(CCCOC)C2=O)[nH]n1. The van der Waals surface area contributed by atoms with Crippen molar-refractivity contribution in [2.45, 2.75) is 51.0 Å². The van der Waals surface area contributed by atoms with Crippen LogP contribution in [0.25, 0.3) is 0 Å². The molecule has 1 aromatic heterocycles. The Morgan fingerprint density at radius 3 is 2.74 bits per heavy atom. The summed E-state index contributed by atoms with van der Waals surface area (Å²) in [6.07, 6.45) is 2.16. The first-order valence-corrected chi connectivity index (χ1v) is 11.6. The van der Waals surface area contributed by atoms with Gasteiger partial charge in [-0.1, -0.05) is 31.5 Å². The predicted molar refractivity (Wildman–Crippen MR) is 126 cm³/mol. The van der Waals surface area contributed by atoms with Gasteiger partial charge in [-0.2, -0.15) is 5.10 Å². The van der Waals surface area contributed by atoms with Crippen molar-refractivity contribution >= 4 is 17.7 Å². The zero-order valence-corrected chi connectivity index (χ0v) is 20.4. The van der Waals surface area contributed by atoms with Gasteiger partial charge in [0.25, 0.3) is 0 Å². The van der Waals surface area contributed by atoms with Gasteiger partial charge in [0.1, 0.15) is 5.75 Å². The zero-order chi connectivity index (χ0) is 24.7. The number of carbonyl (C=O) groups is 3. The zero-order valence-electron chi connectivity index (χ0n) is 20.4. The Morgan fingerprint density at radius 2 is 2.03 bits per heavy atom. The summed E-state index contributed by atoms with van der Waals surface area (Å²) in [6.45, 7) is 3.10. The minimum Gasteiger partial charge on any atom is -0.496 e. The lowest BCUT2D eigenvalue weighted by Gasteiger charge is -2.30. The van der Waals surface area contributed by atoms with Gasteiger partial charge in [0.05, 0.1) is 30.5 Å². The number of H-pyrrole nitrogens is 1. The van der Waals surface area contributed by atoms with Crippen LogP contribution in [0.3, 0.4) is 0 Å². The Hall–Kier alpha value is -3.20. The van der Waals surface area contributed by atoms with Crippen LogP contribution in [0.5, 0.6) is 5.75 Å². The number of aromatic nitrogens is 2. The second-order valence-corrected chi connectivity index (χ2v) is 8.72. The summed E-state index contributed by atoms with van der Waals surface area (Å²) >= 11 is 0. The first-order valence-electron chi connectivity index (χ1n) is 11.6. The third kappa shape index (κ3) is 5.30. The predicted octanol–water partition coefficient (Wildman–Crippen LogP) is 2.45. The highest BCUT2D eigenvalue weighted by molar-refractivity contribution is 6.11. The van der Waals surface area contributed by atoms with E-state index in [1.165, 1.54) is 12.0 Å². The smallest absolute Gasteiger partial charge is 0.241 e. The summed E-state index contributed by atoms with van der Waals surface area (Å²) in [5, 5.41) is 7.25. The minimum atomic E-state index is -1.32. The fourth-order valence-electron chi connectivity index (χ4n) is 4.49. The molecule has 9 nitrogen and oxygen atoms in total. The molecule has 1 aromatic carbocycles. The number of nitrogens with one attached hydrogen (secondary N) is 1. The van der Waals surface area contributed by atoms with Gasteiger partial charge in [0.15, 0.2) is 0 Å². The van der Waals surface area contributed by atoms with Crippen LogP contribution in [0.2, 0.25) is 0 Å². The van der Waals surface area contributed by atoms with Crippen molar-refractivity contribution in [1.29, 1.82) is 0 Å². The van der Waals surface area contributed by atoms with Gasteiger partial charge in [-0.15, -0.1) is 0 Å². The highest BCUT2D eigenvalue weighted by Gasteiger charge is 2.55. The third-order valence-corrected chi connectivity index (χ3v) is 6.24. The second kappa shape index (κ2) is 11.3. The van der Waals surface area contributed by atoms with Crippen molar-refractivity contribution in [3.63, 3.8) is 0 Å². The highest BCUT2D eigenvalue weighted by atomic mass is 16.5. The Kier molecular flexibility index (Phi) is 8.44. The van der Waals surface area contributed by atoms with Crippen LogP contribution in [-0.4, -0.2) is 72.1 Å². The molecule has 0 spiro atoms. The molecule has 184 valence electrons. The molecule has 3 amide bonds. The molecule has 34 heavy (non-hydrogen) atoms. The molecular formula is C25H34N4O5. The summed E-state index contributed by atoms with van der Waals surface area (Å²) in [5.74, 6) is -0.417. The lowest BCUT2D eigenvalue weighted by molar-refractivity contribution is -0.142. The number of amides is 3.